The van der Waals surface area contributed by atoms with Crippen molar-refractivity contribution in [1.82, 2.24) is 5.32 Å². The van der Waals surface area contributed by atoms with E-state index in [1.165, 1.54) is 6.08 Å². The highest BCUT2D eigenvalue weighted by Crippen LogP contribution is 2.05. The van der Waals surface area contributed by atoms with Gasteiger partial charge in [-0.2, -0.15) is 0 Å². The zero-order chi connectivity index (χ0) is 9.84. The minimum absolute atomic E-state index is 0.164. The molecular formula is C9H9NO3. The SMILES string of the molecule is CNCC(=O)C1=CC(=O)C(=O)C=C1. The molecule has 68 valence electrons. The average Bonchev–Trinajstić information content (AvgIpc) is 2.10. The number of hydrogen-bond donors (Lipinski definition) is 1. The minimum Gasteiger partial charge on any atom is -0.313 e. The summed E-state index contributed by atoms with van der Waals surface area (Å²) in [6, 6.07) is 0. The maximum atomic E-state index is 11.2. The molecule has 1 aliphatic carbocycles. The van der Waals surface area contributed by atoms with Crippen molar-refractivity contribution in [2.45, 2.75) is 0 Å². The zero-order valence-corrected chi connectivity index (χ0v) is 7.16. The lowest BCUT2D eigenvalue weighted by atomic mass is 10.0. The van der Waals surface area contributed by atoms with Crippen molar-refractivity contribution in [3.05, 3.63) is 23.8 Å². The normalized spacial score (nSPS) is 15.9. The summed E-state index contributed by atoms with van der Waals surface area (Å²) >= 11 is 0. The number of carbonyl (C=O) groups is 3. The smallest absolute Gasteiger partial charge is 0.226 e. The molecule has 4 heteroatoms. The van der Waals surface area contributed by atoms with Crippen molar-refractivity contribution >= 4 is 17.3 Å². The molecule has 0 fully saturated rings. The van der Waals surface area contributed by atoms with Crippen molar-refractivity contribution in [2.75, 3.05) is 13.6 Å². The number of allylic oxidation sites excluding steroid dienone is 3. The van der Waals surface area contributed by atoms with Gasteiger partial charge in [0, 0.05) is 11.6 Å². The standard InChI is InChI=1S/C9H9NO3/c1-10-5-9(13)6-2-3-7(11)8(12)4-6/h2-4,10H,5H2,1H3. The fraction of sp³-hybridized carbons (Fsp3) is 0.222. The van der Waals surface area contributed by atoms with Gasteiger partial charge >= 0.3 is 0 Å². The van der Waals surface area contributed by atoms with Crippen LogP contribution in [0.2, 0.25) is 0 Å². The Bertz CT molecular complexity index is 326. The van der Waals surface area contributed by atoms with E-state index in [0.717, 1.165) is 12.2 Å². The van der Waals surface area contributed by atoms with Gasteiger partial charge in [-0.3, -0.25) is 14.4 Å². The van der Waals surface area contributed by atoms with Gasteiger partial charge in [0.05, 0.1) is 6.54 Å². The molecule has 0 heterocycles. The molecule has 1 rings (SSSR count). The number of rotatable bonds is 3. The van der Waals surface area contributed by atoms with Crippen LogP contribution in [-0.2, 0) is 14.4 Å². The van der Waals surface area contributed by atoms with E-state index in [9.17, 15) is 14.4 Å². The van der Waals surface area contributed by atoms with Crippen molar-refractivity contribution in [2.24, 2.45) is 0 Å². The molecule has 0 amide bonds. The van der Waals surface area contributed by atoms with Crippen LogP contribution in [0, 0.1) is 0 Å². The Morgan fingerprint density at radius 1 is 1.31 bits per heavy atom. The number of hydrogen-bond acceptors (Lipinski definition) is 4. The summed E-state index contributed by atoms with van der Waals surface area (Å²) < 4.78 is 0. The molecule has 0 bridgehead atoms. The summed E-state index contributed by atoms with van der Waals surface area (Å²) in [7, 11) is 1.64. The third kappa shape index (κ3) is 2.19. The summed E-state index contributed by atoms with van der Waals surface area (Å²) in [6.45, 7) is 0.164. The van der Waals surface area contributed by atoms with E-state index in [-0.39, 0.29) is 17.9 Å². The van der Waals surface area contributed by atoms with Gasteiger partial charge in [0.2, 0.25) is 11.6 Å². The zero-order valence-electron chi connectivity index (χ0n) is 7.16. The first-order chi connectivity index (χ1) is 6.15. The van der Waals surface area contributed by atoms with Gasteiger partial charge in [-0.05, 0) is 19.2 Å². The predicted octanol–water partition coefficient (Wildman–Crippen LogP) is -0.591. The fourth-order valence-corrected chi connectivity index (χ4v) is 0.944. The van der Waals surface area contributed by atoms with Crippen LogP contribution in [-0.4, -0.2) is 30.9 Å². The molecule has 0 radical (unpaired) electrons. The van der Waals surface area contributed by atoms with Crippen LogP contribution in [0.5, 0.6) is 0 Å². The van der Waals surface area contributed by atoms with Crippen molar-refractivity contribution in [1.29, 1.82) is 0 Å². The third-order valence-electron chi connectivity index (χ3n) is 1.60. The van der Waals surface area contributed by atoms with Crippen molar-refractivity contribution < 1.29 is 14.4 Å². The number of ketones is 3. The Morgan fingerprint density at radius 2 is 2.00 bits per heavy atom. The lowest BCUT2D eigenvalue weighted by molar-refractivity contribution is -0.131. The first-order valence-electron chi connectivity index (χ1n) is 3.81. The summed E-state index contributed by atoms with van der Waals surface area (Å²) in [6.07, 6.45) is 3.55. The highest BCUT2D eigenvalue weighted by Gasteiger charge is 2.16. The molecule has 0 unspecified atom stereocenters. The number of nitrogens with one attached hydrogen (secondary N) is 1. The first kappa shape index (κ1) is 9.54. The van der Waals surface area contributed by atoms with E-state index in [2.05, 4.69) is 5.32 Å². The Kier molecular flexibility index (Phi) is 2.87. The van der Waals surface area contributed by atoms with Crippen molar-refractivity contribution in [3.8, 4) is 0 Å². The second-order valence-electron chi connectivity index (χ2n) is 2.62. The number of carbonyl (C=O) groups excluding carboxylic acids is 3. The lowest BCUT2D eigenvalue weighted by Crippen LogP contribution is -2.22. The molecule has 1 N–H and O–H groups in total. The second kappa shape index (κ2) is 3.91. The van der Waals surface area contributed by atoms with Gasteiger partial charge in [0.25, 0.3) is 0 Å². The molecule has 0 saturated carbocycles. The molecular weight excluding hydrogens is 170 g/mol. The van der Waals surface area contributed by atoms with Crippen LogP contribution in [0.25, 0.3) is 0 Å². The summed E-state index contributed by atoms with van der Waals surface area (Å²) in [5, 5.41) is 2.67. The van der Waals surface area contributed by atoms with Gasteiger partial charge in [-0.15, -0.1) is 0 Å². The van der Waals surface area contributed by atoms with Crippen LogP contribution in [0.15, 0.2) is 23.8 Å². The summed E-state index contributed by atoms with van der Waals surface area (Å²) in [5.41, 5.74) is 0.277. The largest absolute Gasteiger partial charge is 0.313 e. The fourth-order valence-electron chi connectivity index (χ4n) is 0.944. The first-order valence-corrected chi connectivity index (χ1v) is 3.81. The molecule has 0 aliphatic heterocycles. The quantitative estimate of drug-likeness (QED) is 0.464. The summed E-state index contributed by atoms with van der Waals surface area (Å²) in [5.74, 6) is -1.41. The summed E-state index contributed by atoms with van der Waals surface area (Å²) in [4.78, 5) is 32.8. The van der Waals surface area contributed by atoms with E-state index >= 15 is 0 Å². The maximum Gasteiger partial charge on any atom is 0.226 e. The van der Waals surface area contributed by atoms with E-state index in [0.29, 0.717) is 0 Å². The van der Waals surface area contributed by atoms with Crippen LogP contribution in [0.1, 0.15) is 0 Å². The molecule has 0 spiro atoms. The molecule has 0 saturated heterocycles. The predicted molar refractivity (Wildman–Crippen MR) is 46.2 cm³/mol. The molecule has 0 aromatic heterocycles. The van der Waals surface area contributed by atoms with Crippen LogP contribution in [0.4, 0.5) is 0 Å². The van der Waals surface area contributed by atoms with E-state index in [1.54, 1.807) is 7.05 Å². The molecule has 0 aromatic rings. The molecule has 1 aliphatic rings. The number of likely N-dealkylation sites (N-methyl/N-ethyl adjacent to an activating group) is 1. The molecule has 0 atom stereocenters. The van der Waals surface area contributed by atoms with Gasteiger partial charge < -0.3 is 5.32 Å². The molecule has 13 heavy (non-hydrogen) atoms. The Hall–Kier alpha value is -1.55. The van der Waals surface area contributed by atoms with Gasteiger partial charge in [0.15, 0.2) is 5.78 Å². The van der Waals surface area contributed by atoms with Gasteiger partial charge in [0.1, 0.15) is 0 Å². The Morgan fingerprint density at radius 3 is 2.54 bits per heavy atom. The van der Waals surface area contributed by atoms with E-state index in [1.807, 2.05) is 0 Å². The minimum atomic E-state index is -0.637. The topological polar surface area (TPSA) is 63.2 Å². The Balaban J connectivity index is 2.79. The number of Topliss-reactive ketones (excluding diaryl/α,β-unsaturated/α-hetero) is 1. The van der Waals surface area contributed by atoms with Crippen LogP contribution < -0.4 is 5.32 Å². The Labute approximate surface area is 75.3 Å². The van der Waals surface area contributed by atoms with Gasteiger partial charge in [-0.1, -0.05) is 0 Å². The van der Waals surface area contributed by atoms with Crippen molar-refractivity contribution in [3.63, 3.8) is 0 Å². The monoisotopic (exact) mass is 179 g/mol. The molecule has 0 aromatic carbocycles. The average molecular weight is 179 g/mol. The van der Waals surface area contributed by atoms with Crippen LogP contribution >= 0.6 is 0 Å². The highest BCUT2D eigenvalue weighted by molar-refractivity contribution is 6.47. The van der Waals surface area contributed by atoms with E-state index in [4.69, 9.17) is 0 Å². The third-order valence-corrected chi connectivity index (χ3v) is 1.60. The van der Waals surface area contributed by atoms with Crippen LogP contribution in [0.3, 0.4) is 0 Å². The highest BCUT2D eigenvalue weighted by atomic mass is 16.2. The van der Waals surface area contributed by atoms with Gasteiger partial charge in [-0.25, -0.2) is 0 Å². The van der Waals surface area contributed by atoms with E-state index < -0.39 is 11.6 Å². The molecule has 4 nitrogen and oxygen atoms in total. The second-order valence-corrected chi connectivity index (χ2v) is 2.62. The maximum absolute atomic E-state index is 11.2. The lowest BCUT2D eigenvalue weighted by Gasteiger charge is -2.03.